The molecule has 0 aliphatic rings. The molecular weight excluding hydrogens is 228 g/mol. The highest BCUT2D eigenvalue weighted by Crippen LogP contribution is 2.25. The standard InChI is InChI=1S/C14H20N2O2/c1-4-7-18-13-8-11(9(2)14(16)17)5-6-12(13)10(3)15/h5-6,8-9,15H,4,7H2,1-3H3,(H2,16,17). The van der Waals surface area contributed by atoms with Gasteiger partial charge in [0.1, 0.15) is 5.75 Å². The predicted octanol–water partition coefficient (Wildman–Crippen LogP) is 2.45. The van der Waals surface area contributed by atoms with E-state index in [2.05, 4.69) is 0 Å². The van der Waals surface area contributed by atoms with E-state index in [1.54, 1.807) is 19.9 Å². The van der Waals surface area contributed by atoms with Crippen molar-refractivity contribution >= 4 is 11.6 Å². The molecule has 1 amide bonds. The molecule has 1 rings (SSSR count). The summed E-state index contributed by atoms with van der Waals surface area (Å²) in [7, 11) is 0. The second-order valence-corrected chi connectivity index (χ2v) is 4.35. The first-order valence-electron chi connectivity index (χ1n) is 6.09. The van der Waals surface area contributed by atoms with Gasteiger partial charge in [-0.2, -0.15) is 0 Å². The lowest BCUT2D eigenvalue weighted by atomic mass is 9.97. The fourth-order valence-electron chi connectivity index (χ4n) is 1.61. The number of primary amides is 1. The van der Waals surface area contributed by atoms with Crippen LogP contribution in [0, 0.1) is 5.41 Å². The van der Waals surface area contributed by atoms with Crippen LogP contribution in [0.5, 0.6) is 5.75 Å². The number of ether oxygens (including phenoxy) is 1. The van der Waals surface area contributed by atoms with Crippen LogP contribution in [0.3, 0.4) is 0 Å². The maximum Gasteiger partial charge on any atom is 0.224 e. The molecule has 98 valence electrons. The summed E-state index contributed by atoms with van der Waals surface area (Å²) >= 11 is 0. The van der Waals surface area contributed by atoms with Gasteiger partial charge in [0.05, 0.1) is 12.5 Å². The fraction of sp³-hybridized carbons (Fsp3) is 0.429. The number of hydrogen-bond donors (Lipinski definition) is 2. The molecule has 0 bridgehead atoms. The molecule has 18 heavy (non-hydrogen) atoms. The summed E-state index contributed by atoms with van der Waals surface area (Å²) in [5, 5.41) is 7.70. The van der Waals surface area contributed by atoms with Crippen molar-refractivity contribution in [3.8, 4) is 5.75 Å². The van der Waals surface area contributed by atoms with E-state index in [0.717, 1.165) is 17.5 Å². The molecule has 4 heteroatoms. The Morgan fingerprint density at radius 2 is 2.17 bits per heavy atom. The summed E-state index contributed by atoms with van der Waals surface area (Å²) in [5.74, 6) is -0.0696. The fourth-order valence-corrected chi connectivity index (χ4v) is 1.61. The lowest BCUT2D eigenvalue weighted by Gasteiger charge is -2.14. The van der Waals surface area contributed by atoms with Crippen molar-refractivity contribution in [2.24, 2.45) is 5.73 Å². The molecule has 0 aliphatic heterocycles. The Morgan fingerprint density at radius 1 is 1.50 bits per heavy atom. The summed E-state index contributed by atoms with van der Waals surface area (Å²) in [6, 6.07) is 5.43. The third-order valence-electron chi connectivity index (χ3n) is 2.80. The number of carbonyl (C=O) groups is 1. The number of benzene rings is 1. The van der Waals surface area contributed by atoms with Gasteiger partial charge < -0.3 is 15.9 Å². The molecule has 1 aromatic rings. The van der Waals surface area contributed by atoms with Crippen molar-refractivity contribution in [2.75, 3.05) is 6.61 Å². The van der Waals surface area contributed by atoms with Crippen LogP contribution in [0.15, 0.2) is 18.2 Å². The monoisotopic (exact) mass is 248 g/mol. The molecule has 0 aromatic heterocycles. The molecule has 1 unspecified atom stereocenters. The number of hydrogen-bond acceptors (Lipinski definition) is 3. The molecule has 0 spiro atoms. The van der Waals surface area contributed by atoms with Gasteiger partial charge in [-0.3, -0.25) is 4.79 Å². The van der Waals surface area contributed by atoms with E-state index in [0.29, 0.717) is 18.1 Å². The van der Waals surface area contributed by atoms with Gasteiger partial charge in [-0.05, 0) is 38.0 Å². The van der Waals surface area contributed by atoms with E-state index in [1.165, 1.54) is 0 Å². The van der Waals surface area contributed by atoms with Gasteiger partial charge in [0.25, 0.3) is 0 Å². The first-order chi connectivity index (χ1) is 8.47. The Balaban J connectivity index is 3.12. The Kier molecular flexibility index (Phi) is 4.89. The molecule has 0 radical (unpaired) electrons. The maximum atomic E-state index is 11.2. The number of rotatable bonds is 6. The molecule has 1 atom stereocenters. The van der Waals surface area contributed by atoms with Crippen molar-refractivity contribution in [3.63, 3.8) is 0 Å². The van der Waals surface area contributed by atoms with E-state index in [1.807, 2.05) is 19.1 Å². The Hall–Kier alpha value is -1.84. The van der Waals surface area contributed by atoms with Crippen molar-refractivity contribution in [1.82, 2.24) is 0 Å². The van der Waals surface area contributed by atoms with Gasteiger partial charge >= 0.3 is 0 Å². The molecule has 3 N–H and O–H groups in total. The molecule has 1 aromatic carbocycles. The summed E-state index contributed by atoms with van der Waals surface area (Å²) in [5.41, 5.74) is 7.31. The smallest absolute Gasteiger partial charge is 0.224 e. The minimum absolute atomic E-state index is 0.353. The average Bonchev–Trinajstić information content (AvgIpc) is 2.34. The van der Waals surface area contributed by atoms with E-state index in [4.69, 9.17) is 15.9 Å². The Morgan fingerprint density at radius 3 is 2.67 bits per heavy atom. The minimum atomic E-state index is -0.365. The van der Waals surface area contributed by atoms with Crippen LogP contribution >= 0.6 is 0 Å². The van der Waals surface area contributed by atoms with Crippen molar-refractivity contribution in [1.29, 1.82) is 5.41 Å². The minimum Gasteiger partial charge on any atom is -0.493 e. The number of carbonyl (C=O) groups excluding carboxylic acids is 1. The highest BCUT2D eigenvalue weighted by atomic mass is 16.5. The van der Waals surface area contributed by atoms with Gasteiger partial charge in [-0.25, -0.2) is 0 Å². The second kappa shape index (κ2) is 6.19. The molecule has 0 heterocycles. The third-order valence-corrected chi connectivity index (χ3v) is 2.80. The van der Waals surface area contributed by atoms with Crippen LogP contribution in [0.2, 0.25) is 0 Å². The normalized spacial score (nSPS) is 11.9. The first kappa shape index (κ1) is 14.2. The summed E-state index contributed by atoms with van der Waals surface area (Å²) < 4.78 is 5.63. The zero-order valence-electron chi connectivity index (χ0n) is 11.1. The third kappa shape index (κ3) is 3.32. The van der Waals surface area contributed by atoms with Gasteiger partial charge in [0, 0.05) is 11.3 Å². The van der Waals surface area contributed by atoms with E-state index >= 15 is 0 Å². The lowest BCUT2D eigenvalue weighted by Crippen LogP contribution is -2.19. The summed E-state index contributed by atoms with van der Waals surface area (Å²) in [6.45, 7) is 6.09. The molecule has 0 aliphatic carbocycles. The van der Waals surface area contributed by atoms with Crippen molar-refractivity contribution in [2.45, 2.75) is 33.1 Å². The van der Waals surface area contributed by atoms with Crippen LogP contribution in [-0.2, 0) is 4.79 Å². The second-order valence-electron chi connectivity index (χ2n) is 4.35. The summed E-state index contributed by atoms with van der Waals surface area (Å²) in [6.07, 6.45) is 0.895. The van der Waals surface area contributed by atoms with Gasteiger partial charge in [0.15, 0.2) is 0 Å². The highest BCUT2D eigenvalue weighted by molar-refractivity contribution is 5.99. The molecule has 4 nitrogen and oxygen atoms in total. The van der Waals surface area contributed by atoms with Gasteiger partial charge in [0.2, 0.25) is 5.91 Å². The van der Waals surface area contributed by atoms with Crippen molar-refractivity contribution in [3.05, 3.63) is 29.3 Å². The molecule has 0 saturated carbocycles. The number of nitrogens with one attached hydrogen (secondary N) is 1. The average molecular weight is 248 g/mol. The SMILES string of the molecule is CCCOc1cc(C(C)C(N)=O)ccc1C(C)=N. The van der Waals surface area contributed by atoms with E-state index < -0.39 is 0 Å². The van der Waals surface area contributed by atoms with E-state index in [9.17, 15) is 4.79 Å². The largest absolute Gasteiger partial charge is 0.493 e. The maximum absolute atomic E-state index is 11.2. The van der Waals surface area contributed by atoms with Gasteiger partial charge in [-0.1, -0.05) is 13.0 Å². The zero-order chi connectivity index (χ0) is 13.7. The van der Waals surface area contributed by atoms with Crippen LogP contribution in [0.25, 0.3) is 0 Å². The number of amides is 1. The quantitative estimate of drug-likeness (QED) is 0.759. The molecule has 0 saturated heterocycles. The van der Waals surface area contributed by atoms with Crippen LogP contribution in [-0.4, -0.2) is 18.2 Å². The van der Waals surface area contributed by atoms with Gasteiger partial charge in [-0.15, -0.1) is 0 Å². The van der Waals surface area contributed by atoms with Crippen molar-refractivity contribution < 1.29 is 9.53 Å². The number of nitrogens with two attached hydrogens (primary N) is 1. The predicted molar refractivity (Wildman–Crippen MR) is 72.3 cm³/mol. The first-order valence-corrected chi connectivity index (χ1v) is 6.09. The van der Waals surface area contributed by atoms with Crippen LogP contribution < -0.4 is 10.5 Å². The zero-order valence-corrected chi connectivity index (χ0v) is 11.1. The molecular formula is C14H20N2O2. The lowest BCUT2D eigenvalue weighted by molar-refractivity contribution is -0.119. The van der Waals surface area contributed by atoms with Crippen LogP contribution in [0.1, 0.15) is 44.2 Å². The Labute approximate surface area is 108 Å². The Bertz CT molecular complexity index is 455. The summed E-state index contributed by atoms with van der Waals surface area (Å²) in [4.78, 5) is 11.2. The topological polar surface area (TPSA) is 76.2 Å². The molecule has 0 fully saturated rings. The highest BCUT2D eigenvalue weighted by Gasteiger charge is 2.15. The van der Waals surface area contributed by atoms with Crippen LogP contribution in [0.4, 0.5) is 0 Å². The van der Waals surface area contributed by atoms with E-state index in [-0.39, 0.29) is 11.8 Å².